The number of nitriles is 1. The molecule has 1 N–H and O–H groups in total. The van der Waals surface area contributed by atoms with E-state index in [1.54, 1.807) is 29.2 Å². The Bertz CT molecular complexity index is 540. The molecule has 104 valence electrons. The monoisotopic (exact) mass is 273 g/mol. The maximum atomic E-state index is 12.2. The summed E-state index contributed by atoms with van der Waals surface area (Å²) in [6.45, 7) is 2.18. The lowest BCUT2D eigenvalue weighted by Gasteiger charge is -2.33. The Morgan fingerprint density at radius 2 is 1.75 bits per heavy atom. The van der Waals surface area contributed by atoms with Crippen LogP contribution in [0.1, 0.15) is 15.9 Å². The molecule has 0 unspecified atom stereocenters. The summed E-state index contributed by atoms with van der Waals surface area (Å²) in [6, 6.07) is 8.53. The second-order valence-corrected chi connectivity index (χ2v) is 4.65. The molecule has 6 heteroatoms. The van der Waals surface area contributed by atoms with Crippen LogP contribution in [0.5, 0.6) is 0 Å². The minimum Gasteiger partial charge on any atom is -0.480 e. The van der Waals surface area contributed by atoms with E-state index in [2.05, 4.69) is 0 Å². The predicted molar refractivity (Wildman–Crippen MR) is 71.1 cm³/mol. The van der Waals surface area contributed by atoms with E-state index < -0.39 is 5.97 Å². The first-order chi connectivity index (χ1) is 9.60. The summed E-state index contributed by atoms with van der Waals surface area (Å²) in [4.78, 5) is 26.4. The Balaban J connectivity index is 1.94. The zero-order chi connectivity index (χ0) is 14.5. The lowest BCUT2D eigenvalue weighted by atomic mass is 10.1. The van der Waals surface area contributed by atoms with E-state index in [1.807, 2.05) is 11.0 Å². The van der Waals surface area contributed by atoms with Gasteiger partial charge in [-0.2, -0.15) is 5.26 Å². The molecule has 1 fully saturated rings. The van der Waals surface area contributed by atoms with E-state index in [-0.39, 0.29) is 12.5 Å². The van der Waals surface area contributed by atoms with Gasteiger partial charge in [-0.25, -0.2) is 0 Å². The van der Waals surface area contributed by atoms with E-state index in [0.29, 0.717) is 37.3 Å². The van der Waals surface area contributed by atoms with Crippen molar-refractivity contribution in [1.82, 2.24) is 9.80 Å². The molecule has 1 aromatic rings. The summed E-state index contributed by atoms with van der Waals surface area (Å²) < 4.78 is 0. The first-order valence-corrected chi connectivity index (χ1v) is 6.34. The van der Waals surface area contributed by atoms with Gasteiger partial charge >= 0.3 is 5.97 Å². The Morgan fingerprint density at radius 1 is 1.15 bits per heavy atom. The highest BCUT2D eigenvalue weighted by Gasteiger charge is 2.22. The quantitative estimate of drug-likeness (QED) is 0.861. The van der Waals surface area contributed by atoms with Gasteiger partial charge in [0.05, 0.1) is 18.2 Å². The molecule has 1 heterocycles. The molecule has 0 aliphatic carbocycles. The number of carboxylic acid groups (broad SMARTS) is 1. The topological polar surface area (TPSA) is 84.6 Å². The Hall–Kier alpha value is -2.39. The van der Waals surface area contributed by atoms with E-state index >= 15 is 0 Å². The number of carbonyl (C=O) groups excluding carboxylic acids is 1. The van der Waals surface area contributed by atoms with E-state index in [1.165, 1.54) is 0 Å². The number of aliphatic carboxylic acids is 1. The molecule has 0 aromatic heterocycles. The number of carboxylic acids is 1. The van der Waals surface area contributed by atoms with Crippen LogP contribution in [0.15, 0.2) is 24.3 Å². The molecular weight excluding hydrogens is 258 g/mol. The number of nitrogens with zero attached hydrogens (tertiary/aromatic N) is 3. The Morgan fingerprint density at radius 3 is 2.25 bits per heavy atom. The maximum absolute atomic E-state index is 12.2. The van der Waals surface area contributed by atoms with Crippen molar-refractivity contribution in [2.24, 2.45) is 0 Å². The fourth-order valence-corrected chi connectivity index (χ4v) is 2.17. The van der Waals surface area contributed by atoms with Gasteiger partial charge in [0.15, 0.2) is 0 Å². The second kappa shape index (κ2) is 6.17. The van der Waals surface area contributed by atoms with Crippen LogP contribution in [-0.2, 0) is 4.79 Å². The molecule has 0 atom stereocenters. The molecule has 20 heavy (non-hydrogen) atoms. The summed E-state index contributed by atoms with van der Waals surface area (Å²) in [6.07, 6.45) is 0. The van der Waals surface area contributed by atoms with Crippen molar-refractivity contribution in [3.05, 3.63) is 35.4 Å². The molecule has 0 bridgehead atoms. The third-order valence-electron chi connectivity index (χ3n) is 3.28. The van der Waals surface area contributed by atoms with Crippen LogP contribution >= 0.6 is 0 Å². The predicted octanol–water partition coefficient (Wildman–Crippen LogP) is 0.401. The van der Waals surface area contributed by atoms with Gasteiger partial charge in [0, 0.05) is 31.7 Å². The lowest BCUT2D eigenvalue weighted by molar-refractivity contribution is -0.138. The zero-order valence-electron chi connectivity index (χ0n) is 11.0. The van der Waals surface area contributed by atoms with Crippen molar-refractivity contribution < 1.29 is 14.7 Å². The SMILES string of the molecule is N#Cc1ccc(C(=O)N2CCN(CC(=O)O)CC2)cc1. The molecule has 0 radical (unpaired) electrons. The normalized spacial score (nSPS) is 15.7. The van der Waals surface area contributed by atoms with Crippen LogP contribution in [-0.4, -0.2) is 59.5 Å². The number of amides is 1. The number of rotatable bonds is 3. The second-order valence-electron chi connectivity index (χ2n) is 4.65. The molecule has 1 aliphatic heterocycles. The number of hydrogen-bond acceptors (Lipinski definition) is 4. The summed E-state index contributed by atoms with van der Waals surface area (Å²) in [7, 11) is 0. The molecule has 1 amide bonds. The first-order valence-electron chi connectivity index (χ1n) is 6.34. The van der Waals surface area contributed by atoms with E-state index in [4.69, 9.17) is 10.4 Å². The van der Waals surface area contributed by atoms with Gasteiger partial charge in [-0.05, 0) is 24.3 Å². The third-order valence-corrected chi connectivity index (χ3v) is 3.28. The van der Waals surface area contributed by atoms with Crippen LogP contribution in [0.4, 0.5) is 0 Å². The number of hydrogen-bond donors (Lipinski definition) is 1. The summed E-state index contributed by atoms with van der Waals surface area (Å²) in [5.41, 5.74) is 1.07. The highest BCUT2D eigenvalue weighted by Crippen LogP contribution is 2.10. The molecule has 1 aromatic carbocycles. The average Bonchev–Trinajstić information content (AvgIpc) is 2.47. The smallest absolute Gasteiger partial charge is 0.317 e. The highest BCUT2D eigenvalue weighted by molar-refractivity contribution is 5.94. The zero-order valence-corrected chi connectivity index (χ0v) is 11.0. The minimum absolute atomic E-state index is 0.0128. The first kappa shape index (κ1) is 14.0. The van der Waals surface area contributed by atoms with Crippen LogP contribution in [0, 0.1) is 11.3 Å². The lowest BCUT2D eigenvalue weighted by Crippen LogP contribution is -2.49. The van der Waals surface area contributed by atoms with Crippen molar-refractivity contribution in [2.75, 3.05) is 32.7 Å². The van der Waals surface area contributed by atoms with Gasteiger partial charge in [-0.15, -0.1) is 0 Å². The molecule has 6 nitrogen and oxygen atoms in total. The van der Waals surface area contributed by atoms with Crippen molar-refractivity contribution in [2.45, 2.75) is 0 Å². The number of benzene rings is 1. The fraction of sp³-hybridized carbons (Fsp3) is 0.357. The van der Waals surface area contributed by atoms with Crippen molar-refractivity contribution in [1.29, 1.82) is 5.26 Å². The van der Waals surface area contributed by atoms with Gasteiger partial charge in [-0.1, -0.05) is 0 Å². The van der Waals surface area contributed by atoms with Gasteiger partial charge in [0.25, 0.3) is 5.91 Å². The summed E-state index contributed by atoms with van der Waals surface area (Å²) >= 11 is 0. The van der Waals surface area contributed by atoms with Crippen LogP contribution < -0.4 is 0 Å². The number of piperazine rings is 1. The van der Waals surface area contributed by atoms with E-state index in [0.717, 1.165) is 0 Å². The fourth-order valence-electron chi connectivity index (χ4n) is 2.17. The summed E-state index contributed by atoms with van der Waals surface area (Å²) in [5.74, 6) is -0.929. The van der Waals surface area contributed by atoms with Crippen LogP contribution in [0.3, 0.4) is 0 Å². The van der Waals surface area contributed by atoms with Crippen LogP contribution in [0.2, 0.25) is 0 Å². The molecular formula is C14H15N3O3. The largest absolute Gasteiger partial charge is 0.480 e. The van der Waals surface area contributed by atoms with E-state index in [9.17, 15) is 9.59 Å². The van der Waals surface area contributed by atoms with Gasteiger partial charge in [0.2, 0.25) is 0 Å². The highest BCUT2D eigenvalue weighted by atomic mass is 16.4. The minimum atomic E-state index is -0.850. The van der Waals surface area contributed by atoms with Crippen molar-refractivity contribution in [3.8, 4) is 6.07 Å². The standard InChI is InChI=1S/C14H15N3O3/c15-9-11-1-3-12(4-2-11)14(20)17-7-5-16(6-8-17)10-13(18)19/h1-4H,5-8,10H2,(H,18,19). The van der Waals surface area contributed by atoms with Gasteiger partial charge in [-0.3, -0.25) is 14.5 Å². The molecule has 1 aliphatic rings. The molecule has 1 saturated heterocycles. The third kappa shape index (κ3) is 3.33. The van der Waals surface area contributed by atoms with Crippen molar-refractivity contribution >= 4 is 11.9 Å². The average molecular weight is 273 g/mol. The molecule has 0 saturated carbocycles. The number of carbonyl (C=O) groups is 2. The molecule has 2 rings (SSSR count). The van der Waals surface area contributed by atoms with Crippen LogP contribution in [0.25, 0.3) is 0 Å². The Kier molecular flexibility index (Phi) is 4.33. The summed E-state index contributed by atoms with van der Waals surface area (Å²) in [5, 5.41) is 17.4. The van der Waals surface area contributed by atoms with Gasteiger partial charge in [0.1, 0.15) is 0 Å². The maximum Gasteiger partial charge on any atom is 0.317 e. The van der Waals surface area contributed by atoms with Gasteiger partial charge < -0.3 is 10.0 Å². The van der Waals surface area contributed by atoms with Crippen molar-refractivity contribution in [3.63, 3.8) is 0 Å². The molecule has 0 spiro atoms. The Labute approximate surface area is 116 Å².